The Bertz CT molecular complexity index is 1260. The van der Waals surface area contributed by atoms with Gasteiger partial charge < -0.3 is 14.2 Å². The van der Waals surface area contributed by atoms with Crippen molar-refractivity contribution in [3.63, 3.8) is 0 Å². The van der Waals surface area contributed by atoms with Crippen LogP contribution < -0.4 is 19.1 Å². The molecular formula is C23H20ClN3O4S. The van der Waals surface area contributed by atoms with E-state index in [1.165, 1.54) is 18.4 Å². The lowest BCUT2D eigenvalue weighted by molar-refractivity contribution is 0.0981. The fourth-order valence-corrected chi connectivity index (χ4v) is 4.48. The molecule has 1 amide bonds. The van der Waals surface area contributed by atoms with Crippen molar-refractivity contribution < 1.29 is 19.0 Å². The zero-order valence-corrected chi connectivity index (χ0v) is 19.2. The third-order valence-electron chi connectivity index (χ3n) is 4.83. The maximum absolute atomic E-state index is 13.8. The summed E-state index contributed by atoms with van der Waals surface area (Å²) in [5, 5.41) is 1.00. The summed E-state index contributed by atoms with van der Waals surface area (Å²) in [6.07, 6.45) is 1.68. The van der Waals surface area contributed by atoms with Gasteiger partial charge in [0.05, 0.1) is 48.9 Å². The molecule has 9 heteroatoms. The van der Waals surface area contributed by atoms with Crippen molar-refractivity contribution in [3.8, 4) is 17.2 Å². The monoisotopic (exact) mass is 469 g/mol. The van der Waals surface area contributed by atoms with Gasteiger partial charge in [-0.05, 0) is 42.5 Å². The molecule has 2 aromatic heterocycles. The molecule has 4 aromatic rings. The van der Waals surface area contributed by atoms with Gasteiger partial charge in [-0.1, -0.05) is 29.0 Å². The number of nitrogens with zero attached hydrogens (tertiary/aromatic N) is 3. The SMILES string of the molecule is COc1ccc(OC)c(C(=O)N(Cc2ccccn2)c2nc3c(OC)ccc(Cl)c3s2)c1. The number of anilines is 1. The second kappa shape index (κ2) is 9.42. The van der Waals surface area contributed by atoms with Gasteiger partial charge >= 0.3 is 0 Å². The molecule has 4 rings (SSSR count). The Morgan fingerprint density at radius 3 is 2.50 bits per heavy atom. The molecule has 0 radical (unpaired) electrons. The first kappa shape index (κ1) is 21.9. The maximum Gasteiger partial charge on any atom is 0.264 e. The molecule has 0 aliphatic carbocycles. The molecule has 0 aliphatic heterocycles. The van der Waals surface area contributed by atoms with Crippen LogP contribution in [0.25, 0.3) is 10.2 Å². The van der Waals surface area contributed by atoms with Crippen molar-refractivity contribution >= 4 is 44.2 Å². The van der Waals surface area contributed by atoms with Crippen molar-refractivity contribution in [2.45, 2.75) is 6.54 Å². The topological polar surface area (TPSA) is 73.8 Å². The molecule has 164 valence electrons. The lowest BCUT2D eigenvalue weighted by Gasteiger charge is -2.21. The zero-order valence-electron chi connectivity index (χ0n) is 17.7. The van der Waals surface area contributed by atoms with Crippen LogP contribution in [0.15, 0.2) is 54.7 Å². The normalized spacial score (nSPS) is 10.8. The van der Waals surface area contributed by atoms with E-state index >= 15 is 0 Å². The lowest BCUT2D eigenvalue weighted by Crippen LogP contribution is -2.31. The molecular weight excluding hydrogens is 450 g/mol. The Balaban J connectivity index is 1.86. The summed E-state index contributed by atoms with van der Waals surface area (Å²) in [4.78, 5) is 24.4. The number of fused-ring (bicyclic) bond motifs is 1. The summed E-state index contributed by atoms with van der Waals surface area (Å²) >= 11 is 7.72. The van der Waals surface area contributed by atoms with Gasteiger partial charge in [0.2, 0.25) is 0 Å². The van der Waals surface area contributed by atoms with Gasteiger partial charge in [-0.3, -0.25) is 14.7 Å². The quantitative estimate of drug-likeness (QED) is 0.369. The Morgan fingerprint density at radius 1 is 1.03 bits per heavy atom. The highest BCUT2D eigenvalue weighted by molar-refractivity contribution is 7.23. The van der Waals surface area contributed by atoms with Gasteiger partial charge in [0.15, 0.2) is 5.13 Å². The van der Waals surface area contributed by atoms with E-state index in [0.29, 0.717) is 44.2 Å². The fraction of sp³-hybridized carbons (Fsp3) is 0.174. The van der Waals surface area contributed by atoms with Gasteiger partial charge in [0, 0.05) is 6.20 Å². The van der Waals surface area contributed by atoms with Crippen LogP contribution in [-0.4, -0.2) is 37.2 Å². The molecule has 0 fully saturated rings. The van der Waals surface area contributed by atoms with Crippen LogP contribution in [0.5, 0.6) is 17.2 Å². The Morgan fingerprint density at radius 2 is 1.81 bits per heavy atom. The van der Waals surface area contributed by atoms with Crippen LogP contribution in [0.4, 0.5) is 5.13 Å². The van der Waals surface area contributed by atoms with E-state index in [0.717, 1.165) is 4.70 Å². The predicted octanol–water partition coefficient (Wildman–Crippen LogP) is 5.22. The third kappa shape index (κ3) is 4.19. The molecule has 0 saturated heterocycles. The van der Waals surface area contributed by atoms with Gasteiger partial charge in [0.25, 0.3) is 5.91 Å². The van der Waals surface area contributed by atoms with E-state index in [2.05, 4.69) is 4.98 Å². The van der Waals surface area contributed by atoms with Crippen molar-refractivity contribution in [2.75, 3.05) is 26.2 Å². The summed E-state index contributed by atoms with van der Waals surface area (Å²) in [5.74, 6) is 1.25. The van der Waals surface area contributed by atoms with E-state index in [9.17, 15) is 4.79 Å². The molecule has 2 aromatic carbocycles. The molecule has 2 heterocycles. The van der Waals surface area contributed by atoms with Gasteiger partial charge in [-0.15, -0.1) is 0 Å². The Labute approximate surface area is 194 Å². The Hall–Kier alpha value is -3.36. The first-order chi connectivity index (χ1) is 15.5. The van der Waals surface area contributed by atoms with E-state index in [1.807, 2.05) is 18.2 Å². The number of hydrogen-bond acceptors (Lipinski definition) is 7. The van der Waals surface area contributed by atoms with E-state index in [4.69, 9.17) is 30.8 Å². The van der Waals surface area contributed by atoms with Gasteiger partial charge in [-0.2, -0.15) is 0 Å². The van der Waals surface area contributed by atoms with Gasteiger partial charge in [-0.25, -0.2) is 4.98 Å². The van der Waals surface area contributed by atoms with E-state index in [-0.39, 0.29) is 12.5 Å². The number of aromatic nitrogens is 2. The second-order valence-electron chi connectivity index (χ2n) is 6.70. The molecule has 32 heavy (non-hydrogen) atoms. The number of ether oxygens (including phenoxy) is 3. The molecule has 0 unspecified atom stereocenters. The van der Waals surface area contributed by atoms with Crippen LogP contribution in [0.2, 0.25) is 5.02 Å². The minimum Gasteiger partial charge on any atom is -0.497 e. The first-order valence-electron chi connectivity index (χ1n) is 9.62. The van der Waals surface area contributed by atoms with E-state index < -0.39 is 0 Å². The zero-order chi connectivity index (χ0) is 22.7. The molecule has 0 bridgehead atoms. The average molecular weight is 470 g/mol. The summed E-state index contributed by atoms with van der Waals surface area (Å²) < 4.78 is 16.9. The molecule has 0 atom stereocenters. The number of halogens is 1. The number of carbonyl (C=O) groups excluding carboxylic acids is 1. The number of hydrogen-bond donors (Lipinski definition) is 0. The highest BCUT2D eigenvalue weighted by Gasteiger charge is 2.26. The fourth-order valence-electron chi connectivity index (χ4n) is 3.23. The summed E-state index contributed by atoms with van der Waals surface area (Å²) in [6, 6.07) is 14.1. The number of methoxy groups -OCH3 is 3. The van der Waals surface area contributed by atoms with Crippen molar-refractivity contribution in [1.29, 1.82) is 0 Å². The average Bonchev–Trinajstić information content (AvgIpc) is 3.28. The van der Waals surface area contributed by atoms with E-state index in [1.54, 1.807) is 55.6 Å². The number of pyridine rings is 1. The van der Waals surface area contributed by atoms with Crippen LogP contribution in [0.1, 0.15) is 16.1 Å². The predicted molar refractivity (Wildman–Crippen MR) is 125 cm³/mol. The largest absolute Gasteiger partial charge is 0.497 e. The minimum atomic E-state index is -0.305. The molecule has 0 spiro atoms. The number of amides is 1. The molecule has 0 N–H and O–H groups in total. The van der Waals surface area contributed by atoms with Crippen LogP contribution >= 0.6 is 22.9 Å². The minimum absolute atomic E-state index is 0.208. The van der Waals surface area contributed by atoms with Crippen LogP contribution in [0, 0.1) is 0 Å². The van der Waals surface area contributed by atoms with Crippen molar-refractivity contribution in [3.05, 3.63) is 71.0 Å². The van der Waals surface area contributed by atoms with Gasteiger partial charge in [0.1, 0.15) is 22.8 Å². The summed E-state index contributed by atoms with van der Waals surface area (Å²) in [5.41, 5.74) is 1.65. The second-order valence-corrected chi connectivity index (χ2v) is 8.09. The summed E-state index contributed by atoms with van der Waals surface area (Å²) in [7, 11) is 4.63. The van der Waals surface area contributed by atoms with Crippen LogP contribution in [0.3, 0.4) is 0 Å². The maximum atomic E-state index is 13.8. The standard InChI is InChI=1S/C23H20ClN3O4S/c1-29-15-7-9-18(30-2)16(12-15)22(28)27(13-14-6-4-5-11-25-14)23-26-20-19(31-3)10-8-17(24)21(20)32-23/h4-12H,13H2,1-3H3. The van der Waals surface area contributed by atoms with Crippen molar-refractivity contribution in [1.82, 2.24) is 9.97 Å². The lowest BCUT2D eigenvalue weighted by atomic mass is 10.1. The molecule has 0 saturated carbocycles. The highest BCUT2D eigenvalue weighted by atomic mass is 35.5. The molecule has 7 nitrogen and oxygen atoms in total. The summed E-state index contributed by atoms with van der Waals surface area (Å²) in [6.45, 7) is 0.208. The Kier molecular flexibility index (Phi) is 6.43. The van der Waals surface area contributed by atoms with Crippen molar-refractivity contribution in [2.24, 2.45) is 0 Å². The number of benzene rings is 2. The van der Waals surface area contributed by atoms with Crippen LogP contribution in [-0.2, 0) is 6.54 Å². The third-order valence-corrected chi connectivity index (χ3v) is 6.37. The highest BCUT2D eigenvalue weighted by Crippen LogP contribution is 2.40. The first-order valence-corrected chi connectivity index (χ1v) is 10.8. The smallest absolute Gasteiger partial charge is 0.264 e. The number of rotatable bonds is 7. The number of carbonyl (C=O) groups is 1. The number of thiazole rings is 1. The molecule has 0 aliphatic rings.